The number of hydrogen-bond acceptors (Lipinski definition) is 5. The second-order valence-electron chi connectivity index (χ2n) is 9.72. The van der Waals surface area contributed by atoms with E-state index >= 15 is 0 Å². The third kappa shape index (κ3) is 5.19. The summed E-state index contributed by atoms with van der Waals surface area (Å²) in [5.74, 6) is 1.23. The van der Waals surface area contributed by atoms with E-state index in [1.165, 1.54) is 0 Å². The Hall–Kier alpha value is -3.98. The van der Waals surface area contributed by atoms with Crippen molar-refractivity contribution in [3.63, 3.8) is 0 Å². The van der Waals surface area contributed by atoms with Crippen LogP contribution in [-0.4, -0.2) is 36.9 Å². The van der Waals surface area contributed by atoms with E-state index in [1.54, 1.807) is 4.57 Å². The summed E-state index contributed by atoms with van der Waals surface area (Å²) in [7, 11) is 0. The number of aromatic amines is 1. The molecule has 0 aliphatic carbocycles. The van der Waals surface area contributed by atoms with Crippen LogP contribution in [0.5, 0.6) is 5.75 Å². The summed E-state index contributed by atoms with van der Waals surface area (Å²) in [5.41, 5.74) is 4.33. The van der Waals surface area contributed by atoms with Gasteiger partial charge in [-0.1, -0.05) is 60.1 Å². The first kappa shape index (κ1) is 25.7. The van der Waals surface area contributed by atoms with Gasteiger partial charge in [-0.05, 0) is 55.7 Å². The van der Waals surface area contributed by atoms with Crippen LogP contribution in [0, 0.1) is 0 Å². The average molecular weight is 573 g/mol. The quantitative estimate of drug-likeness (QED) is 0.224. The van der Waals surface area contributed by atoms with Crippen LogP contribution in [-0.2, 0) is 6.61 Å². The average Bonchev–Trinajstić information content (AvgIpc) is 3.52. The van der Waals surface area contributed by atoms with E-state index in [9.17, 15) is 4.79 Å². The monoisotopic (exact) mass is 572 g/mol. The number of benzene rings is 3. The Balaban J connectivity index is 1.71. The Labute approximate surface area is 229 Å². The molecule has 2 N–H and O–H groups in total. The SMILES string of the molecule is CC(C)NC(=O)c1nnc(-c2cc3c(C(C)C)[nH]nc3cc2OCc2ccccc2)n1-c1ccc(Br)cc1. The molecule has 0 bridgehead atoms. The minimum Gasteiger partial charge on any atom is -0.488 e. The van der Waals surface area contributed by atoms with E-state index in [1.807, 2.05) is 80.6 Å². The van der Waals surface area contributed by atoms with Gasteiger partial charge >= 0.3 is 0 Å². The molecule has 1 amide bonds. The van der Waals surface area contributed by atoms with Crippen LogP contribution in [0.3, 0.4) is 0 Å². The lowest BCUT2D eigenvalue weighted by Crippen LogP contribution is -2.32. The van der Waals surface area contributed by atoms with Crippen LogP contribution < -0.4 is 10.1 Å². The van der Waals surface area contributed by atoms with Gasteiger partial charge in [0.2, 0.25) is 5.82 Å². The highest BCUT2D eigenvalue weighted by Gasteiger charge is 2.25. The molecular formula is C29H29BrN6O2. The molecule has 0 atom stereocenters. The van der Waals surface area contributed by atoms with Crippen molar-refractivity contribution in [1.82, 2.24) is 30.3 Å². The number of H-pyrrole nitrogens is 1. The molecule has 0 spiro atoms. The molecule has 0 fully saturated rings. The summed E-state index contributed by atoms with van der Waals surface area (Å²) in [5, 5.41) is 20.5. The number of rotatable bonds is 8. The number of fused-ring (bicyclic) bond motifs is 1. The summed E-state index contributed by atoms with van der Waals surface area (Å²) < 4.78 is 9.06. The number of ether oxygens (including phenoxy) is 1. The molecule has 9 heteroatoms. The largest absolute Gasteiger partial charge is 0.488 e. The predicted octanol–water partition coefficient (Wildman–Crippen LogP) is 6.41. The van der Waals surface area contributed by atoms with Crippen LogP contribution in [0.4, 0.5) is 0 Å². The Bertz CT molecular complexity index is 1570. The molecule has 0 radical (unpaired) electrons. The van der Waals surface area contributed by atoms with Crippen molar-refractivity contribution < 1.29 is 9.53 Å². The number of halogens is 1. The summed E-state index contributed by atoms with van der Waals surface area (Å²) in [6.07, 6.45) is 0. The number of amides is 1. The highest BCUT2D eigenvalue weighted by molar-refractivity contribution is 9.10. The van der Waals surface area contributed by atoms with E-state index in [0.29, 0.717) is 18.2 Å². The van der Waals surface area contributed by atoms with Gasteiger partial charge < -0.3 is 10.1 Å². The maximum absolute atomic E-state index is 13.2. The van der Waals surface area contributed by atoms with E-state index in [0.717, 1.165) is 37.9 Å². The lowest BCUT2D eigenvalue weighted by molar-refractivity contribution is 0.0930. The standard InChI is InChI=1S/C29H29BrN6O2/c1-17(2)26-22-14-23(25(15-24(22)32-33-26)38-16-19-8-6-5-7-9-19)27-34-35-28(29(37)31-18(3)4)36(27)21-12-10-20(30)11-13-21/h5-15,17-18H,16H2,1-4H3,(H,31,37)(H,32,33). The molecular weight excluding hydrogens is 544 g/mol. The summed E-state index contributed by atoms with van der Waals surface area (Å²) in [4.78, 5) is 13.2. The van der Waals surface area contributed by atoms with Crippen molar-refractivity contribution in [2.75, 3.05) is 0 Å². The van der Waals surface area contributed by atoms with Gasteiger partial charge in [0.25, 0.3) is 5.91 Å². The zero-order valence-corrected chi connectivity index (χ0v) is 23.3. The molecule has 38 heavy (non-hydrogen) atoms. The lowest BCUT2D eigenvalue weighted by Gasteiger charge is -2.15. The summed E-state index contributed by atoms with van der Waals surface area (Å²) in [6.45, 7) is 8.42. The molecule has 0 saturated heterocycles. The van der Waals surface area contributed by atoms with Crippen molar-refractivity contribution in [2.24, 2.45) is 0 Å². The van der Waals surface area contributed by atoms with Gasteiger partial charge in [0, 0.05) is 33.3 Å². The number of aromatic nitrogens is 5. The smallest absolute Gasteiger partial charge is 0.289 e. The summed E-state index contributed by atoms with van der Waals surface area (Å²) in [6, 6.07) is 21.5. The molecule has 0 unspecified atom stereocenters. The van der Waals surface area contributed by atoms with Crippen molar-refractivity contribution in [3.8, 4) is 22.8 Å². The molecule has 0 saturated carbocycles. The maximum Gasteiger partial charge on any atom is 0.289 e. The Morgan fingerprint density at radius 1 is 1.03 bits per heavy atom. The van der Waals surface area contributed by atoms with E-state index in [4.69, 9.17) is 4.74 Å². The molecule has 2 aromatic heterocycles. The van der Waals surface area contributed by atoms with Crippen LogP contribution in [0.2, 0.25) is 0 Å². The van der Waals surface area contributed by atoms with Gasteiger partial charge in [-0.25, -0.2) is 0 Å². The maximum atomic E-state index is 13.2. The summed E-state index contributed by atoms with van der Waals surface area (Å²) >= 11 is 3.50. The molecule has 3 aromatic carbocycles. The Kier molecular flexibility index (Phi) is 7.28. The van der Waals surface area contributed by atoms with Crippen molar-refractivity contribution in [2.45, 2.75) is 46.3 Å². The van der Waals surface area contributed by atoms with Crippen LogP contribution in [0.1, 0.15) is 55.5 Å². The zero-order valence-electron chi connectivity index (χ0n) is 21.7. The van der Waals surface area contributed by atoms with Crippen molar-refractivity contribution in [1.29, 1.82) is 0 Å². The second kappa shape index (κ2) is 10.8. The second-order valence-corrected chi connectivity index (χ2v) is 10.6. The van der Waals surface area contributed by atoms with E-state index in [-0.39, 0.29) is 23.7 Å². The first-order chi connectivity index (χ1) is 18.3. The van der Waals surface area contributed by atoms with Gasteiger partial charge in [-0.15, -0.1) is 10.2 Å². The number of hydrogen-bond donors (Lipinski definition) is 2. The normalized spacial score (nSPS) is 11.4. The molecule has 2 heterocycles. The predicted molar refractivity (Wildman–Crippen MR) is 152 cm³/mol. The molecule has 194 valence electrons. The van der Waals surface area contributed by atoms with E-state index in [2.05, 4.69) is 55.5 Å². The van der Waals surface area contributed by atoms with E-state index < -0.39 is 0 Å². The third-order valence-electron chi connectivity index (χ3n) is 6.11. The minimum absolute atomic E-state index is 0.0540. The highest BCUT2D eigenvalue weighted by Crippen LogP contribution is 2.37. The first-order valence-electron chi connectivity index (χ1n) is 12.5. The van der Waals surface area contributed by atoms with Crippen molar-refractivity contribution >= 4 is 32.7 Å². The van der Waals surface area contributed by atoms with Crippen LogP contribution in [0.25, 0.3) is 28.0 Å². The zero-order chi connectivity index (χ0) is 26.8. The number of carbonyl (C=O) groups excluding carboxylic acids is 1. The molecule has 5 aromatic rings. The van der Waals surface area contributed by atoms with Gasteiger partial charge in [0.1, 0.15) is 12.4 Å². The topological polar surface area (TPSA) is 97.7 Å². The molecule has 0 aliphatic rings. The lowest BCUT2D eigenvalue weighted by atomic mass is 10.0. The fourth-order valence-corrected chi connectivity index (χ4v) is 4.56. The highest BCUT2D eigenvalue weighted by atomic mass is 79.9. The fraction of sp³-hybridized carbons (Fsp3) is 0.241. The van der Waals surface area contributed by atoms with Crippen LogP contribution in [0.15, 0.2) is 71.2 Å². The molecule has 8 nitrogen and oxygen atoms in total. The van der Waals surface area contributed by atoms with Gasteiger partial charge in [0.05, 0.1) is 11.1 Å². The molecule has 5 rings (SSSR count). The van der Waals surface area contributed by atoms with Crippen molar-refractivity contribution in [3.05, 3.63) is 88.3 Å². The minimum atomic E-state index is -0.305. The third-order valence-corrected chi connectivity index (χ3v) is 6.64. The van der Waals surface area contributed by atoms with Gasteiger partial charge in [-0.2, -0.15) is 5.10 Å². The number of nitrogens with one attached hydrogen (secondary N) is 2. The Morgan fingerprint density at radius 2 is 1.76 bits per heavy atom. The Morgan fingerprint density at radius 3 is 2.45 bits per heavy atom. The van der Waals surface area contributed by atoms with Crippen LogP contribution >= 0.6 is 15.9 Å². The fourth-order valence-electron chi connectivity index (χ4n) is 4.29. The molecule has 0 aliphatic heterocycles. The van der Waals surface area contributed by atoms with Gasteiger partial charge in [0.15, 0.2) is 5.82 Å². The number of carbonyl (C=O) groups is 1. The first-order valence-corrected chi connectivity index (χ1v) is 13.3. The van der Waals surface area contributed by atoms with Gasteiger partial charge in [-0.3, -0.25) is 14.5 Å². The number of nitrogens with zero attached hydrogens (tertiary/aromatic N) is 4.